The van der Waals surface area contributed by atoms with Gasteiger partial charge >= 0.3 is 0 Å². The number of carbonyl (C=O) groups excluding carboxylic acids is 1. The minimum atomic E-state index is -1.59. The van der Waals surface area contributed by atoms with Gasteiger partial charge in [0.2, 0.25) is 0 Å². The van der Waals surface area contributed by atoms with Gasteiger partial charge in [0.25, 0.3) is 0 Å². The van der Waals surface area contributed by atoms with Crippen LogP contribution in [0, 0.1) is 17.5 Å². The maximum atomic E-state index is 13.3. The summed E-state index contributed by atoms with van der Waals surface area (Å²) in [7, 11) is 0. The molecule has 0 radical (unpaired) electrons. The summed E-state index contributed by atoms with van der Waals surface area (Å²) in [6.07, 6.45) is 1.44. The summed E-state index contributed by atoms with van der Waals surface area (Å²) < 4.78 is 39.5. The van der Waals surface area contributed by atoms with Crippen molar-refractivity contribution in [2.45, 2.75) is 0 Å². The summed E-state index contributed by atoms with van der Waals surface area (Å²) in [5, 5.41) is 0.565. The first-order valence-electron chi connectivity index (χ1n) is 6.11. The molecule has 0 aliphatic carbocycles. The second-order valence-electron chi connectivity index (χ2n) is 4.46. The van der Waals surface area contributed by atoms with Crippen LogP contribution in [-0.2, 0) is 0 Å². The molecule has 0 spiro atoms. The van der Waals surface area contributed by atoms with Gasteiger partial charge in [-0.05, 0) is 24.3 Å². The van der Waals surface area contributed by atoms with Crippen LogP contribution >= 0.6 is 0 Å². The Morgan fingerprint density at radius 1 is 0.952 bits per heavy atom. The maximum absolute atomic E-state index is 13.3. The van der Waals surface area contributed by atoms with Crippen LogP contribution in [-0.4, -0.2) is 10.8 Å². The SMILES string of the molecule is O=C(c1cc(F)c(F)c(F)c1)c1ccnc2ccccc12. The van der Waals surface area contributed by atoms with Gasteiger partial charge in [0, 0.05) is 22.7 Å². The highest BCUT2D eigenvalue weighted by molar-refractivity contribution is 6.15. The number of pyridine rings is 1. The number of halogens is 3. The van der Waals surface area contributed by atoms with Crippen LogP contribution in [0.3, 0.4) is 0 Å². The average Bonchev–Trinajstić information content (AvgIpc) is 2.51. The zero-order chi connectivity index (χ0) is 15.0. The third kappa shape index (κ3) is 2.27. The lowest BCUT2D eigenvalue weighted by Gasteiger charge is -2.06. The Balaban J connectivity index is 2.17. The average molecular weight is 287 g/mol. The highest BCUT2D eigenvalue weighted by atomic mass is 19.2. The second kappa shape index (κ2) is 5.01. The summed E-state index contributed by atoms with van der Waals surface area (Å²) in [6, 6.07) is 9.74. The number of rotatable bonds is 2. The number of ketones is 1. The number of fused-ring (bicyclic) bond motifs is 1. The summed E-state index contributed by atoms with van der Waals surface area (Å²) in [6.45, 7) is 0. The van der Waals surface area contributed by atoms with Crippen molar-refractivity contribution in [2.24, 2.45) is 0 Å². The van der Waals surface area contributed by atoms with E-state index in [2.05, 4.69) is 4.98 Å². The van der Waals surface area contributed by atoms with Gasteiger partial charge in [-0.25, -0.2) is 13.2 Å². The van der Waals surface area contributed by atoms with Crippen molar-refractivity contribution in [3.63, 3.8) is 0 Å². The van der Waals surface area contributed by atoms with Crippen LogP contribution in [0.4, 0.5) is 13.2 Å². The van der Waals surface area contributed by atoms with E-state index >= 15 is 0 Å². The van der Waals surface area contributed by atoms with E-state index in [0.29, 0.717) is 23.0 Å². The highest BCUT2D eigenvalue weighted by Gasteiger charge is 2.18. The van der Waals surface area contributed by atoms with Crippen molar-refractivity contribution in [1.29, 1.82) is 0 Å². The molecule has 21 heavy (non-hydrogen) atoms. The zero-order valence-electron chi connectivity index (χ0n) is 10.6. The molecule has 1 heterocycles. The standard InChI is InChI=1S/C16H8F3NO/c17-12-7-9(8-13(18)15(12)19)16(21)11-5-6-20-14-4-2-1-3-10(11)14/h1-8H. The molecule has 0 N–H and O–H groups in total. The molecule has 5 heteroatoms. The number of hydrogen-bond donors (Lipinski definition) is 0. The molecule has 0 aliphatic heterocycles. The van der Waals surface area contributed by atoms with E-state index in [4.69, 9.17) is 0 Å². The van der Waals surface area contributed by atoms with Gasteiger partial charge in [-0.1, -0.05) is 18.2 Å². The Hall–Kier alpha value is -2.69. The number of aromatic nitrogens is 1. The lowest BCUT2D eigenvalue weighted by atomic mass is 9.99. The van der Waals surface area contributed by atoms with Crippen LogP contribution in [0.25, 0.3) is 10.9 Å². The van der Waals surface area contributed by atoms with Gasteiger partial charge in [-0.3, -0.25) is 9.78 Å². The van der Waals surface area contributed by atoms with E-state index in [1.54, 1.807) is 24.3 Å². The van der Waals surface area contributed by atoms with Gasteiger partial charge < -0.3 is 0 Å². The van der Waals surface area contributed by atoms with E-state index in [9.17, 15) is 18.0 Å². The largest absolute Gasteiger partial charge is 0.289 e. The summed E-state index contributed by atoms with van der Waals surface area (Å²) in [4.78, 5) is 16.5. The Morgan fingerprint density at radius 2 is 1.62 bits per heavy atom. The van der Waals surface area contributed by atoms with Gasteiger partial charge in [-0.15, -0.1) is 0 Å². The molecule has 0 bridgehead atoms. The number of carbonyl (C=O) groups is 1. The van der Waals surface area contributed by atoms with Crippen molar-refractivity contribution in [3.05, 3.63) is 77.2 Å². The number of benzene rings is 2. The molecule has 3 aromatic rings. The Kier molecular flexibility index (Phi) is 3.17. The summed E-state index contributed by atoms with van der Waals surface area (Å²) in [5.74, 6) is -4.97. The van der Waals surface area contributed by atoms with E-state index in [-0.39, 0.29) is 11.1 Å². The topological polar surface area (TPSA) is 30.0 Å². The Bertz CT molecular complexity index is 833. The fourth-order valence-electron chi connectivity index (χ4n) is 2.14. The van der Waals surface area contributed by atoms with Crippen LogP contribution in [0.1, 0.15) is 15.9 Å². The quantitative estimate of drug-likeness (QED) is 0.529. The molecule has 104 valence electrons. The zero-order valence-corrected chi connectivity index (χ0v) is 10.6. The van der Waals surface area contributed by atoms with Gasteiger partial charge in [-0.2, -0.15) is 0 Å². The van der Waals surface area contributed by atoms with Crippen molar-refractivity contribution in [1.82, 2.24) is 4.98 Å². The molecule has 0 amide bonds. The third-order valence-electron chi connectivity index (χ3n) is 3.14. The second-order valence-corrected chi connectivity index (χ2v) is 4.46. The predicted molar refractivity (Wildman–Crippen MR) is 71.5 cm³/mol. The molecule has 2 nitrogen and oxygen atoms in total. The first-order valence-corrected chi connectivity index (χ1v) is 6.11. The minimum Gasteiger partial charge on any atom is -0.289 e. The molecular formula is C16H8F3NO. The number of nitrogens with zero attached hydrogens (tertiary/aromatic N) is 1. The van der Waals surface area contributed by atoms with Crippen molar-refractivity contribution >= 4 is 16.7 Å². The fraction of sp³-hybridized carbons (Fsp3) is 0. The monoisotopic (exact) mass is 287 g/mol. The minimum absolute atomic E-state index is 0.247. The van der Waals surface area contributed by atoms with Crippen LogP contribution in [0.5, 0.6) is 0 Å². The maximum Gasteiger partial charge on any atom is 0.194 e. The van der Waals surface area contributed by atoms with Gasteiger partial charge in [0.1, 0.15) is 0 Å². The van der Waals surface area contributed by atoms with Crippen LogP contribution < -0.4 is 0 Å². The molecule has 0 unspecified atom stereocenters. The number of hydrogen-bond acceptors (Lipinski definition) is 2. The molecule has 0 saturated heterocycles. The lowest BCUT2D eigenvalue weighted by Crippen LogP contribution is -2.05. The molecule has 0 aliphatic rings. The van der Waals surface area contributed by atoms with Crippen molar-refractivity contribution in [3.8, 4) is 0 Å². The Morgan fingerprint density at radius 3 is 2.33 bits per heavy atom. The molecule has 0 saturated carbocycles. The van der Waals surface area contributed by atoms with E-state index < -0.39 is 23.2 Å². The van der Waals surface area contributed by atoms with Crippen molar-refractivity contribution < 1.29 is 18.0 Å². The normalized spacial score (nSPS) is 10.8. The van der Waals surface area contributed by atoms with Crippen molar-refractivity contribution in [2.75, 3.05) is 0 Å². The number of para-hydroxylation sites is 1. The highest BCUT2D eigenvalue weighted by Crippen LogP contribution is 2.21. The fourth-order valence-corrected chi connectivity index (χ4v) is 2.14. The smallest absolute Gasteiger partial charge is 0.194 e. The van der Waals surface area contributed by atoms with Gasteiger partial charge in [0.15, 0.2) is 23.2 Å². The Labute approximate surface area is 117 Å². The molecule has 2 aromatic carbocycles. The van der Waals surface area contributed by atoms with E-state index in [1.807, 2.05) is 0 Å². The predicted octanol–water partition coefficient (Wildman–Crippen LogP) is 3.88. The lowest BCUT2D eigenvalue weighted by molar-refractivity contribution is 0.103. The first-order chi connectivity index (χ1) is 10.1. The summed E-state index contributed by atoms with van der Waals surface area (Å²) >= 11 is 0. The molecular weight excluding hydrogens is 279 g/mol. The van der Waals surface area contributed by atoms with E-state index in [0.717, 1.165) is 0 Å². The molecule has 1 aromatic heterocycles. The van der Waals surface area contributed by atoms with Crippen LogP contribution in [0.15, 0.2) is 48.7 Å². The van der Waals surface area contributed by atoms with Gasteiger partial charge in [0.05, 0.1) is 5.52 Å². The first kappa shape index (κ1) is 13.3. The van der Waals surface area contributed by atoms with Crippen LogP contribution in [0.2, 0.25) is 0 Å². The molecule has 0 atom stereocenters. The molecule has 0 fully saturated rings. The molecule has 3 rings (SSSR count). The van der Waals surface area contributed by atoms with E-state index in [1.165, 1.54) is 12.3 Å². The third-order valence-corrected chi connectivity index (χ3v) is 3.14. The summed E-state index contributed by atoms with van der Waals surface area (Å²) in [5.41, 5.74) is 0.597.